The van der Waals surface area contributed by atoms with Gasteiger partial charge in [-0.15, -0.1) is 0 Å². The Labute approximate surface area is 138 Å². The highest BCUT2D eigenvalue weighted by Crippen LogP contribution is 2.26. The number of hydrazone groups is 1. The highest BCUT2D eigenvalue weighted by Gasteiger charge is 2.04. The van der Waals surface area contributed by atoms with E-state index < -0.39 is 0 Å². The largest absolute Gasteiger partial charge is 0.504 e. The third kappa shape index (κ3) is 3.87. The maximum Gasteiger partial charge on any atom is 0.191 e. The number of halogens is 1. The van der Waals surface area contributed by atoms with Crippen molar-refractivity contribution in [2.75, 3.05) is 5.32 Å². The summed E-state index contributed by atoms with van der Waals surface area (Å²) in [5, 5.41) is 26.8. The average Bonchev–Trinajstić information content (AvgIpc) is 2.48. The average molecular weight is 336 g/mol. The molecule has 22 heavy (non-hydrogen) atoms. The van der Waals surface area contributed by atoms with Gasteiger partial charge >= 0.3 is 0 Å². The number of phenolic OH excluding ortho intramolecular Hbond substituents is 2. The van der Waals surface area contributed by atoms with Crippen LogP contribution in [0.3, 0.4) is 0 Å². The van der Waals surface area contributed by atoms with Crippen LogP contribution in [0.2, 0.25) is 5.02 Å². The van der Waals surface area contributed by atoms with Crippen LogP contribution in [0.4, 0.5) is 5.69 Å². The lowest BCUT2D eigenvalue weighted by atomic mass is 10.2. The monoisotopic (exact) mass is 335 g/mol. The summed E-state index contributed by atoms with van der Waals surface area (Å²) in [5.74, 6) is -0.447. The molecule has 0 unspecified atom stereocenters. The van der Waals surface area contributed by atoms with Gasteiger partial charge in [-0.1, -0.05) is 23.7 Å². The number of phenols is 2. The summed E-state index contributed by atoms with van der Waals surface area (Å²) < 4.78 is 0. The van der Waals surface area contributed by atoms with Gasteiger partial charge in [0.25, 0.3) is 0 Å². The second-order valence-corrected chi connectivity index (χ2v) is 5.27. The van der Waals surface area contributed by atoms with E-state index in [1.807, 2.05) is 19.1 Å². The molecule has 2 rings (SSSR count). The fourth-order valence-electron chi connectivity index (χ4n) is 1.71. The molecule has 0 saturated carbocycles. The molecule has 0 fully saturated rings. The van der Waals surface area contributed by atoms with E-state index in [4.69, 9.17) is 23.8 Å². The molecule has 0 bridgehead atoms. The first-order valence-corrected chi connectivity index (χ1v) is 7.14. The highest BCUT2D eigenvalue weighted by molar-refractivity contribution is 7.80. The number of benzene rings is 2. The molecule has 0 heterocycles. The predicted octanol–water partition coefficient (Wildman–Crippen LogP) is 3.38. The highest BCUT2D eigenvalue weighted by atomic mass is 35.5. The van der Waals surface area contributed by atoms with E-state index in [-0.39, 0.29) is 16.6 Å². The molecule has 0 amide bonds. The first-order chi connectivity index (χ1) is 10.5. The third-order valence-electron chi connectivity index (χ3n) is 2.93. The van der Waals surface area contributed by atoms with Gasteiger partial charge in [0.15, 0.2) is 16.6 Å². The maximum absolute atomic E-state index is 9.63. The molecule has 0 atom stereocenters. The van der Waals surface area contributed by atoms with E-state index in [1.54, 1.807) is 18.2 Å². The lowest BCUT2D eigenvalue weighted by molar-refractivity contribution is 0.403. The molecule has 0 radical (unpaired) electrons. The topological polar surface area (TPSA) is 76.9 Å². The van der Waals surface area contributed by atoms with Crippen molar-refractivity contribution in [3.63, 3.8) is 0 Å². The van der Waals surface area contributed by atoms with E-state index in [2.05, 4.69) is 15.8 Å². The van der Waals surface area contributed by atoms with Gasteiger partial charge < -0.3 is 15.5 Å². The first-order valence-electron chi connectivity index (χ1n) is 6.35. The number of nitrogens with one attached hydrogen (secondary N) is 2. The molecule has 0 aliphatic carbocycles. The van der Waals surface area contributed by atoms with Crippen molar-refractivity contribution >= 4 is 40.8 Å². The third-order valence-corrected chi connectivity index (χ3v) is 3.53. The summed E-state index contributed by atoms with van der Waals surface area (Å²) in [4.78, 5) is 0. The zero-order valence-corrected chi connectivity index (χ0v) is 13.2. The Morgan fingerprint density at radius 1 is 1.23 bits per heavy atom. The molecule has 2 aromatic carbocycles. The molecule has 0 aromatic heterocycles. The zero-order valence-electron chi connectivity index (χ0n) is 11.7. The second kappa shape index (κ2) is 7.11. The van der Waals surface area contributed by atoms with E-state index in [0.29, 0.717) is 10.6 Å². The summed E-state index contributed by atoms with van der Waals surface area (Å²) in [6.45, 7) is 1.88. The number of thiocarbonyl (C=S) groups is 1. The summed E-state index contributed by atoms with van der Waals surface area (Å²) in [5.41, 5.74) is 4.65. The summed E-state index contributed by atoms with van der Waals surface area (Å²) in [6.07, 6.45) is 1.36. The molecule has 114 valence electrons. The van der Waals surface area contributed by atoms with E-state index >= 15 is 0 Å². The van der Waals surface area contributed by atoms with Gasteiger partial charge in [-0.2, -0.15) is 5.10 Å². The number of para-hydroxylation sites is 1. The number of rotatable bonds is 3. The SMILES string of the molecule is Cc1c(Cl)cccc1NC(=S)N/N=C/c1cccc(O)c1O. The smallest absolute Gasteiger partial charge is 0.191 e. The number of hydrogen-bond donors (Lipinski definition) is 4. The van der Waals surface area contributed by atoms with Gasteiger partial charge in [0.2, 0.25) is 0 Å². The van der Waals surface area contributed by atoms with Gasteiger partial charge in [-0.25, -0.2) is 0 Å². The van der Waals surface area contributed by atoms with Crippen molar-refractivity contribution in [2.24, 2.45) is 5.10 Å². The van der Waals surface area contributed by atoms with Crippen LogP contribution in [0, 0.1) is 6.92 Å². The minimum Gasteiger partial charge on any atom is -0.504 e. The Morgan fingerprint density at radius 3 is 2.73 bits per heavy atom. The van der Waals surface area contributed by atoms with Gasteiger partial charge in [-0.05, 0) is 49.0 Å². The predicted molar refractivity (Wildman–Crippen MR) is 92.9 cm³/mol. The maximum atomic E-state index is 9.63. The molecule has 0 saturated heterocycles. The molecule has 0 aliphatic heterocycles. The van der Waals surface area contributed by atoms with Crippen molar-refractivity contribution in [1.29, 1.82) is 0 Å². The standard InChI is InChI=1S/C15H14ClN3O2S/c1-9-11(16)5-3-6-12(9)18-15(22)19-17-8-10-4-2-7-13(20)14(10)21/h2-8,20-21H,1H3,(H2,18,19,22)/b17-8+. The molecule has 4 N–H and O–H groups in total. The van der Waals surface area contributed by atoms with Crippen LogP contribution in [0.5, 0.6) is 11.5 Å². The molecule has 7 heteroatoms. The summed E-state index contributed by atoms with van der Waals surface area (Å²) >= 11 is 11.2. The van der Waals surface area contributed by atoms with Crippen LogP contribution in [-0.2, 0) is 0 Å². The van der Waals surface area contributed by atoms with Gasteiger partial charge in [-0.3, -0.25) is 5.43 Å². The van der Waals surface area contributed by atoms with E-state index in [9.17, 15) is 10.2 Å². The molecular formula is C15H14ClN3O2S. The second-order valence-electron chi connectivity index (χ2n) is 4.45. The molecule has 5 nitrogen and oxygen atoms in total. The van der Waals surface area contributed by atoms with Crippen LogP contribution < -0.4 is 10.7 Å². The van der Waals surface area contributed by atoms with Crippen molar-refractivity contribution in [2.45, 2.75) is 6.92 Å². The van der Waals surface area contributed by atoms with Crippen molar-refractivity contribution in [1.82, 2.24) is 5.43 Å². The van der Waals surface area contributed by atoms with Crippen LogP contribution in [0.1, 0.15) is 11.1 Å². The Bertz CT molecular complexity index is 735. The normalized spacial score (nSPS) is 10.6. The number of aromatic hydroxyl groups is 2. The Kier molecular flexibility index (Phi) is 5.19. The lowest BCUT2D eigenvalue weighted by Crippen LogP contribution is -2.24. The Hall–Kier alpha value is -2.31. The molecule has 2 aromatic rings. The van der Waals surface area contributed by atoms with Gasteiger partial charge in [0, 0.05) is 16.3 Å². The minimum atomic E-state index is -0.238. The summed E-state index contributed by atoms with van der Waals surface area (Å²) in [7, 11) is 0. The molecular weight excluding hydrogens is 322 g/mol. The van der Waals surface area contributed by atoms with Crippen molar-refractivity contribution in [3.8, 4) is 11.5 Å². The van der Waals surface area contributed by atoms with Crippen molar-refractivity contribution in [3.05, 3.63) is 52.5 Å². The van der Waals surface area contributed by atoms with Crippen molar-refractivity contribution < 1.29 is 10.2 Å². The fourth-order valence-corrected chi connectivity index (χ4v) is 2.04. The molecule has 0 aliphatic rings. The quantitative estimate of drug-likeness (QED) is 0.299. The first kappa shape index (κ1) is 16.1. The zero-order chi connectivity index (χ0) is 16.1. The van der Waals surface area contributed by atoms with Crippen LogP contribution in [0.25, 0.3) is 0 Å². The van der Waals surface area contributed by atoms with Crippen LogP contribution in [0.15, 0.2) is 41.5 Å². The van der Waals surface area contributed by atoms with Crippen LogP contribution in [-0.4, -0.2) is 21.5 Å². The minimum absolute atomic E-state index is 0.209. The molecule has 0 spiro atoms. The fraction of sp³-hybridized carbons (Fsp3) is 0.0667. The summed E-state index contributed by atoms with van der Waals surface area (Å²) in [6, 6.07) is 10.0. The van der Waals surface area contributed by atoms with E-state index in [0.717, 1.165) is 11.3 Å². The Balaban J connectivity index is 1.99. The number of hydrogen-bond acceptors (Lipinski definition) is 4. The van der Waals surface area contributed by atoms with Gasteiger partial charge in [0.05, 0.1) is 6.21 Å². The number of nitrogens with zero attached hydrogens (tertiary/aromatic N) is 1. The van der Waals surface area contributed by atoms with E-state index in [1.165, 1.54) is 12.3 Å². The number of anilines is 1. The van der Waals surface area contributed by atoms with Crippen LogP contribution >= 0.6 is 23.8 Å². The van der Waals surface area contributed by atoms with Gasteiger partial charge in [0.1, 0.15) is 0 Å². The lowest BCUT2D eigenvalue weighted by Gasteiger charge is -2.10. The Morgan fingerprint density at radius 2 is 1.95 bits per heavy atom.